The predicted octanol–water partition coefficient (Wildman–Crippen LogP) is 3.67. The van der Waals surface area contributed by atoms with Crippen LogP contribution in [0.15, 0.2) is 11.6 Å². The summed E-state index contributed by atoms with van der Waals surface area (Å²) in [6.07, 6.45) is 9.32. The first-order valence-corrected chi connectivity index (χ1v) is 6.32. The van der Waals surface area contributed by atoms with Gasteiger partial charge in [0.1, 0.15) is 0 Å². The van der Waals surface area contributed by atoms with Crippen molar-refractivity contribution in [3.63, 3.8) is 0 Å². The van der Waals surface area contributed by atoms with Crippen molar-refractivity contribution in [1.29, 1.82) is 0 Å². The van der Waals surface area contributed by atoms with E-state index < -0.39 is 5.60 Å². The fraction of sp³-hybridized carbons (Fsp3) is 0.857. The van der Waals surface area contributed by atoms with Crippen LogP contribution >= 0.6 is 0 Å². The molecule has 1 N–H and O–H groups in total. The smallest absolute Gasteiger partial charge is 0.0657 e. The maximum absolute atomic E-state index is 10.1. The summed E-state index contributed by atoms with van der Waals surface area (Å²) in [5.41, 5.74) is 1.54. The van der Waals surface area contributed by atoms with E-state index in [-0.39, 0.29) is 0 Å². The van der Waals surface area contributed by atoms with Gasteiger partial charge >= 0.3 is 0 Å². The Morgan fingerprint density at radius 2 is 2.00 bits per heavy atom. The number of aliphatic hydroxyl groups is 1. The first kappa shape index (κ1) is 11.2. The highest BCUT2D eigenvalue weighted by molar-refractivity contribution is 5.18. The highest BCUT2D eigenvalue weighted by atomic mass is 16.3. The second kappa shape index (κ2) is 3.62. The highest BCUT2D eigenvalue weighted by Gasteiger charge is 2.40. The molecule has 2 rings (SSSR count). The maximum Gasteiger partial charge on any atom is 0.0657 e. The van der Waals surface area contributed by atoms with Gasteiger partial charge in [-0.1, -0.05) is 25.5 Å². The third kappa shape index (κ3) is 2.28. The van der Waals surface area contributed by atoms with Crippen molar-refractivity contribution >= 4 is 0 Å². The number of hydrogen-bond acceptors (Lipinski definition) is 1. The van der Waals surface area contributed by atoms with Crippen LogP contribution in [0.5, 0.6) is 0 Å². The Labute approximate surface area is 93.6 Å². The van der Waals surface area contributed by atoms with Gasteiger partial charge in [0.05, 0.1) is 5.60 Å². The third-order valence-corrected chi connectivity index (χ3v) is 4.38. The molecule has 1 saturated carbocycles. The Bertz CT molecular complexity index is 273. The van der Waals surface area contributed by atoms with Gasteiger partial charge in [-0.15, -0.1) is 0 Å². The van der Waals surface area contributed by atoms with E-state index in [0.717, 1.165) is 18.8 Å². The molecule has 0 amide bonds. The first-order chi connectivity index (χ1) is 6.91. The minimum absolute atomic E-state index is 0.442. The van der Waals surface area contributed by atoms with Crippen molar-refractivity contribution in [2.24, 2.45) is 11.3 Å². The van der Waals surface area contributed by atoms with E-state index in [0.29, 0.717) is 5.41 Å². The molecule has 0 saturated heterocycles. The van der Waals surface area contributed by atoms with Crippen LogP contribution in [0.2, 0.25) is 0 Å². The molecule has 86 valence electrons. The molecular formula is C14H24O. The first-order valence-electron chi connectivity index (χ1n) is 6.32. The molecule has 0 bridgehead atoms. The largest absolute Gasteiger partial charge is 0.390 e. The third-order valence-electron chi connectivity index (χ3n) is 4.38. The summed E-state index contributed by atoms with van der Waals surface area (Å²) >= 11 is 0. The van der Waals surface area contributed by atoms with E-state index in [9.17, 15) is 5.11 Å². The number of allylic oxidation sites excluding steroid dienone is 1. The minimum atomic E-state index is -0.442. The van der Waals surface area contributed by atoms with Crippen LogP contribution in [-0.4, -0.2) is 10.7 Å². The lowest BCUT2D eigenvalue weighted by Crippen LogP contribution is -2.37. The molecule has 2 unspecified atom stereocenters. The van der Waals surface area contributed by atoms with Crippen LogP contribution in [0, 0.1) is 11.3 Å². The summed E-state index contributed by atoms with van der Waals surface area (Å²) in [5, 5.41) is 10.1. The van der Waals surface area contributed by atoms with Crippen molar-refractivity contribution in [3.05, 3.63) is 11.6 Å². The van der Waals surface area contributed by atoms with Crippen LogP contribution in [0.1, 0.15) is 59.3 Å². The van der Waals surface area contributed by atoms with E-state index >= 15 is 0 Å². The van der Waals surface area contributed by atoms with Crippen molar-refractivity contribution in [2.75, 3.05) is 0 Å². The number of rotatable bonds is 0. The van der Waals surface area contributed by atoms with Crippen molar-refractivity contribution in [2.45, 2.75) is 64.9 Å². The van der Waals surface area contributed by atoms with Gasteiger partial charge in [-0.05, 0) is 56.8 Å². The van der Waals surface area contributed by atoms with Gasteiger partial charge in [-0.25, -0.2) is 0 Å². The predicted molar refractivity (Wildman–Crippen MR) is 63.7 cm³/mol. The van der Waals surface area contributed by atoms with E-state index in [1.165, 1.54) is 31.3 Å². The molecule has 2 atom stereocenters. The summed E-state index contributed by atoms with van der Waals surface area (Å²) in [5.74, 6) is 0.722. The summed E-state index contributed by atoms with van der Waals surface area (Å²) in [6.45, 7) is 6.79. The topological polar surface area (TPSA) is 20.2 Å². The van der Waals surface area contributed by atoms with Gasteiger partial charge in [0.15, 0.2) is 0 Å². The van der Waals surface area contributed by atoms with Crippen LogP contribution in [0.3, 0.4) is 0 Å². The summed E-state index contributed by atoms with van der Waals surface area (Å²) in [6, 6.07) is 0. The second-order valence-corrected chi connectivity index (χ2v) is 6.42. The summed E-state index contributed by atoms with van der Waals surface area (Å²) in [7, 11) is 0. The number of hydrogen-bond donors (Lipinski definition) is 1. The fourth-order valence-electron chi connectivity index (χ4n) is 3.42. The van der Waals surface area contributed by atoms with E-state index in [1.807, 2.05) is 6.92 Å². The van der Waals surface area contributed by atoms with E-state index in [1.54, 1.807) is 0 Å². The zero-order valence-electron chi connectivity index (χ0n) is 10.3. The van der Waals surface area contributed by atoms with Gasteiger partial charge in [0.25, 0.3) is 0 Å². The Hall–Kier alpha value is -0.300. The van der Waals surface area contributed by atoms with Crippen LogP contribution in [0.25, 0.3) is 0 Å². The van der Waals surface area contributed by atoms with Gasteiger partial charge < -0.3 is 5.11 Å². The summed E-state index contributed by atoms with van der Waals surface area (Å²) < 4.78 is 0. The lowest BCUT2D eigenvalue weighted by Gasteiger charge is -2.42. The van der Waals surface area contributed by atoms with Gasteiger partial charge in [0, 0.05) is 0 Å². The molecule has 1 heteroatoms. The monoisotopic (exact) mass is 208 g/mol. The van der Waals surface area contributed by atoms with E-state index in [2.05, 4.69) is 19.9 Å². The Balaban J connectivity index is 2.23. The lowest BCUT2D eigenvalue weighted by atomic mass is 9.65. The molecule has 0 radical (unpaired) electrons. The van der Waals surface area contributed by atoms with Crippen LogP contribution in [-0.2, 0) is 0 Å². The molecule has 0 aliphatic heterocycles. The zero-order valence-corrected chi connectivity index (χ0v) is 10.3. The minimum Gasteiger partial charge on any atom is -0.390 e. The molecule has 0 spiro atoms. The standard InChI is InChI=1S/C14H24O/c1-13(2)8-5-4-6-11-10-14(3,15)9-7-12(11)13/h6,12,15H,4-5,7-10H2,1-3H3. The average Bonchev–Trinajstić information content (AvgIpc) is 2.23. The van der Waals surface area contributed by atoms with Crippen molar-refractivity contribution in [3.8, 4) is 0 Å². The zero-order chi connectivity index (χ0) is 11.1. The molecule has 2 aliphatic carbocycles. The normalized spacial score (nSPS) is 40.3. The highest BCUT2D eigenvalue weighted by Crippen LogP contribution is 2.48. The van der Waals surface area contributed by atoms with Gasteiger partial charge in [-0.2, -0.15) is 0 Å². The SMILES string of the molecule is CC1(O)CCC2C(=CCCCC2(C)C)C1. The molecule has 1 nitrogen and oxygen atoms in total. The molecule has 1 fully saturated rings. The molecule has 0 aromatic heterocycles. The molecular weight excluding hydrogens is 184 g/mol. The fourth-order valence-corrected chi connectivity index (χ4v) is 3.42. The molecule has 2 aliphatic rings. The van der Waals surface area contributed by atoms with Gasteiger partial charge in [-0.3, -0.25) is 0 Å². The van der Waals surface area contributed by atoms with Gasteiger partial charge in [0.2, 0.25) is 0 Å². The molecule has 0 heterocycles. The Morgan fingerprint density at radius 3 is 2.73 bits per heavy atom. The molecule has 0 aromatic carbocycles. The average molecular weight is 208 g/mol. The van der Waals surface area contributed by atoms with E-state index in [4.69, 9.17) is 0 Å². The lowest BCUT2D eigenvalue weighted by molar-refractivity contribution is 0.0143. The van der Waals surface area contributed by atoms with Crippen molar-refractivity contribution in [1.82, 2.24) is 0 Å². The molecule has 15 heavy (non-hydrogen) atoms. The second-order valence-electron chi connectivity index (χ2n) is 6.42. The summed E-state index contributed by atoms with van der Waals surface area (Å²) in [4.78, 5) is 0. The molecule has 0 aromatic rings. The maximum atomic E-state index is 10.1. The number of fused-ring (bicyclic) bond motifs is 1. The van der Waals surface area contributed by atoms with Crippen LogP contribution in [0.4, 0.5) is 0 Å². The quantitative estimate of drug-likeness (QED) is 0.602. The van der Waals surface area contributed by atoms with Crippen molar-refractivity contribution < 1.29 is 5.11 Å². The Kier molecular flexibility index (Phi) is 2.70. The van der Waals surface area contributed by atoms with Crippen LogP contribution < -0.4 is 0 Å². The Morgan fingerprint density at radius 1 is 1.27 bits per heavy atom.